The lowest BCUT2D eigenvalue weighted by Gasteiger charge is -2.26. The minimum atomic E-state index is -1.25. The molecule has 0 saturated carbocycles. The van der Waals surface area contributed by atoms with Crippen LogP contribution in [0.3, 0.4) is 0 Å². The fourth-order valence-electron chi connectivity index (χ4n) is 4.81. The maximum atomic E-state index is 13.7. The van der Waals surface area contributed by atoms with Gasteiger partial charge in [-0.3, -0.25) is 29.1 Å². The van der Waals surface area contributed by atoms with Crippen LogP contribution in [0.1, 0.15) is 60.0 Å². The Kier molecular flexibility index (Phi) is 11.6. The van der Waals surface area contributed by atoms with Gasteiger partial charge in [-0.1, -0.05) is 30.3 Å². The number of aliphatic hydroxyl groups is 1. The molecule has 5 N–H and O–H groups in total. The molecule has 2 heterocycles. The number of benzene rings is 2. The van der Waals surface area contributed by atoms with Crippen LogP contribution in [0, 0.1) is 5.92 Å². The van der Waals surface area contributed by atoms with Crippen molar-refractivity contribution in [3.05, 3.63) is 96.1 Å². The third-order valence-electron chi connectivity index (χ3n) is 7.07. The van der Waals surface area contributed by atoms with E-state index in [0.717, 1.165) is 4.90 Å². The van der Waals surface area contributed by atoms with Crippen LogP contribution in [0.15, 0.2) is 84.1 Å². The van der Waals surface area contributed by atoms with Crippen LogP contribution in [0.4, 0.5) is 0 Å². The molecule has 4 aromatic rings. The number of primary amides is 1. The summed E-state index contributed by atoms with van der Waals surface area (Å²) in [5.74, 6) is -2.50. The number of aliphatic hydroxyl groups excluding tert-OH is 1. The van der Waals surface area contributed by atoms with Gasteiger partial charge in [0.05, 0.1) is 35.8 Å². The minimum absolute atomic E-state index is 0.0187. The largest absolute Gasteiger partial charge is 0.392 e. The number of fused-ring (bicyclic) bond motifs is 1. The van der Waals surface area contributed by atoms with Gasteiger partial charge in [0.2, 0.25) is 5.91 Å². The number of thioether (sulfide) groups is 1. The Hall–Kier alpha value is -4.68. The monoisotopic (exact) mass is 642 g/mol. The number of nitrogens with one attached hydrogen (secondary N) is 2. The van der Waals surface area contributed by atoms with E-state index in [2.05, 4.69) is 25.6 Å². The van der Waals surface area contributed by atoms with Crippen LogP contribution in [0.25, 0.3) is 11.0 Å². The maximum absolute atomic E-state index is 13.7. The number of ketones is 1. The highest BCUT2D eigenvalue weighted by Gasteiger charge is 2.30. The standard InChI is InChI=1S/C34H38N6O5S/c1-34(2,3)40-32(44)24-11-5-4-9-21(24)15-29(41)22(20-46-23-10-8-14-36-18-23)16-30(42)27(17-31(35)43)39-33(45)28-19-37-25-12-6-7-13-26(25)38-28/h4-14,18-19,22,27,29,41H,15-17,20H2,1-3H3,(H2,35,43)(H,39,45)(H,40,44)/t22-,27-,29+/m0/s1. The highest BCUT2D eigenvalue weighted by atomic mass is 32.2. The zero-order valence-electron chi connectivity index (χ0n) is 26.0. The van der Waals surface area contributed by atoms with Gasteiger partial charge in [0.25, 0.3) is 11.8 Å². The van der Waals surface area contributed by atoms with Gasteiger partial charge in [0.15, 0.2) is 5.78 Å². The van der Waals surface area contributed by atoms with Crippen molar-refractivity contribution in [1.82, 2.24) is 25.6 Å². The van der Waals surface area contributed by atoms with Crippen molar-refractivity contribution >= 4 is 46.3 Å². The minimum Gasteiger partial charge on any atom is -0.392 e. The Bertz CT molecular complexity index is 1690. The topological polar surface area (TPSA) is 177 Å². The fourth-order valence-corrected chi connectivity index (χ4v) is 5.86. The smallest absolute Gasteiger partial charge is 0.272 e. The SMILES string of the molecule is CC(C)(C)NC(=O)c1ccccc1C[C@@H](O)[C@H](CSc1cccnc1)CC(=O)[C@H](CC(N)=O)NC(=O)c1cnc2ccccc2n1. The van der Waals surface area contributed by atoms with Gasteiger partial charge in [-0.2, -0.15) is 0 Å². The molecule has 12 heteroatoms. The first-order valence-electron chi connectivity index (χ1n) is 14.8. The zero-order chi connectivity index (χ0) is 33.3. The van der Waals surface area contributed by atoms with Gasteiger partial charge in [-0.05, 0) is 63.1 Å². The molecule has 0 spiro atoms. The molecule has 240 valence electrons. The Balaban J connectivity index is 1.55. The molecule has 0 bridgehead atoms. The summed E-state index contributed by atoms with van der Waals surface area (Å²) in [6.07, 6.45) is 3.08. The zero-order valence-corrected chi connectivity index (χ0v) is 26.8. The van der Waals surface area contributed by atoms with E-state index < -0.39 is 47.6 Å². The van der Waals surface area contributed by atoms with E-state index in [4.69, 9.17) is 5.73 Å². The molecule has 0 aliphatic carbocycles. The average Bonchev–Trinajstić information content (AvgIpc) is 3.02. The molecular weight excluding hydrogens is 604 g/mol. The lowest BCUT2D eigenvalue weighted by molar-refractivity contribution is -0.126. The molecule has 2 aromatic heterocycles. The third kappa shape index (κ3) is 9.91. The number of Topliss-reactive ketones (excluding diaryl/α,β-unsaturated/α-hetero) is 1. The molecule has 0 radical (unpaired) electrons. The molecule has 0 aliphatic heterocycles. The van der Waals surface area contributed by atoms with E-state index in [1.165, 1.54) is 18.0 Å². The number of rotatable bonds is 14. The molecule has 0 fully saturated rings. The highest BCUT2D eigenvalue weighted by Crippen LogP contribution is 2.27. The lowest BCUT2D eigenvalue weighted by atomic mass is 9.89. The summed E-state index contributed by atoms with van der Waals surface area (Å²) in [6.45, 7) is 5.65. The first kappa shape index (κ1) is 34.2. The van der Waals surface area contributed by atoms with Crippen LogP contribution in [0.5, 0.6) is 0 Å². The average molecular weight is 643 g/mol. The van der Waals surface area contributed by atoms with Gasteiger partial charge in [0, 0.05) is 46.5 Å². The van der Waals surface area contributed by atoms with Crippen LogP contribution < -0.4 is 16.4 Å². The summed E-state index contributed by atoms with van der Waals surface area (Å²) in [5, 5.41) is 17.1. The van der Waals surface area contributed by atoms with Gasteiger partial charge in [-0.15, -0.1) is 11.8 Å². The first-order chi connectivity index (χ1) is 21.9. The van der Waals surface area contributed by atoms with Crippen molar-refractivity contribution in [1.29, 1.82) is 0 Å². The number of para-hydroxylation sites is 2. The Morgan fingerprint density at radius 3 is 2.33 bits per heavy atom. The van der Waals surface area contributed by atoms with E-state index in [0.29, 0.717) is 27.9 Å². The molecule has 3 atom stereocenters. The molecule has 3 amide bonds. The Labute approximate surface area is 271 Å². The summed E-state index contributed by atoms with van der Waals surface area (Å²) < 4.78 is 0. The summed E-state index contributed by atoms with van der Waals surface area (Å²) in [6, 6.07) is 16.5. The molecule has 2 aromatic carbocycles. The van der Waals surface area contributed by atoms with E-state index in [1.54, 1.807) is 67.0 Å². The number of carbonyl (C=O) groups is 4. The number of nitrogens with zero attached hydrogens (tertiary/aromatic N) is 3. The van der Waals surface area contributed by atoms with E-state index in [1.807, 2.05) is 26.8 Å². The van der Waals surface area contributed by atoms with Crippen LogP contribution in [-0.2, 0) is 16.0 Å². The second kappa shape index (κ2) is 15.5. The van der Waals surface area contributed by atoms with Crippen molar-refractivity contribution < 1.29 is 24.3 Å². The number of aromatic nitrogens is 3. The molecular formula is C34H38N6O5S. The van der Waals surface area contributed by atoms with Crippen molar-refractivity contribution in [3.63, 3.8) is 0 Å². The van der Waals surface area contributed by atoms with Gasteiger partial charge >= 0.3 is 0 Å². The number of hydrogen-bond donors (Lipinski definition) is 4. The molecule has 0 saturated heterocycles. The van der Waals surface area contributed by atoms with E-state index in [9.17, 15) is 24.3 Å². The number of pyridine rings is 1. The maximum Gasteiger partial charge on any atom is 0.272 e. The van der Waals surface area contributed by atoms with Crippen molar-refractivity contribution in [2.45, 2.75) is 62.6 Å². The first-order valence-corrected chi connectivity index (χ1v) is 15.8. The van der Waals surface area contributed by atoms with Crippen LogP contribution >= 0.6 is 11.8 Å². The fraction of sp³-hybridized carbons (Fsp3) is 0.324. The predicted molar refractivity (Wildman–Crippen MR) is 176 cm³/mol. The number of carbonyl (C=O) groups excluding carboxylic acids is 4. The molecule has 4 rings (SSSR count). The summed E-state index contributed by atoms with van der Waals surface area (Å²) in [4.78, 5) is 65.4. The van der Waals surface area contributed by atoms with Gasteiger partial charge in [0.1, 0.15) is 5.69 Å². The Morgan fingerprint density at radius 2 is 1.63 bits per heavy atom. The van der Waals surface area contributed by atoms with Crippen LogP contribution in [0.2, 0.25) is 0 Å². The highest BCUT2D eigenvalue weighted by molar-refractivity contribution is 7.99. The van der Waals surface area contributed by atoms with Crippen molar-refractivity contribution in [3.8, 4) is 0 Å². The molecule has 0 unspecified atom stereocenters. The number of amides is 3. The van der Waals surface area contributed by atoms with E-state index >= 15 is 0 Å². The van der Waals surface area contributed by atoms with E-state index in [-0.39, 0.29) is 24.4 Å². The number of nitrogens with two attached hydrogens (primary N) is 1. The molecule has 11 nitrogen and oxygen atoms in total. The second-order valence-corrected chi connectivity index (χ2v) is 13.1. The molecule has 0 aliphatic rings. The van der Waals surface area contributed by atoms with Crippen molar-refractivity contribution in [2.24, 2.45) is 11.7 Å². The second-order valence-electron chi connectivity index (χ2n) is 12.0. The lowest BCUT2D eigenvalue weighted by Crippen LogP contribution is -2.45. The normalized spacial score (nSPS) is 13.4. The van der Waals surface area contributed by atoms with Crippen LogP contribution in [-0.4, -0.2) is 67.0 Å². The Morgan fingerprint density at radius 1 is 0.913 bits per heavy atom. The number of hydrogen-bond acceptors (Lipinski definition) is 9. The van der Waals surface area contributed by atoms with Crippen molar-refractivity contribution in [2.75, 3.05) is 5.75 Å². The predicted octanol–water partition coefficient (Wildman–Crippen LogP) is 3.50. The molecule has 46 heavy (non-hydrogen) atoms. The van der Waals surface area contributed by atoms with Gasteiger partial charge < -0.3 is 21.5 Å². The summed E-state index contributed by atoms with van der Waals surface area (Å²) in [7, 11) is 0. The summed E-state index contributed by atoms with van der Waals surface area (Å²) >= 11 is 1.41. The quantitative estimate of drug-likeness (QED) is 0.150. The summed E-state index contributed by atoms with van der Waals surface area (Å²) in [5.41, 5.74) is 7.14. The third-order valence-corrected chi connectivity index (χ3v) is 8.24. The van der Waals surface area contributed by atoms with Gasteiger partial charge in [-0.25, -0.2) is 4.98 Å².